The molecule has 1 N–H and O–H groups in total. The van der Waals surface area contributed by atoms with E-state index in [2.05, 4.69) is 36.6 Å². The summed E-state index contributed by atoms with van der Waals surface area (Å²) < 4.78 is 8.17. The molecule has 0 unspecified atom stereocenters. The Morgan fingerprint density at radius 3 is 2.82 bits per heavy atom. The molecule has 12 heteroatoms. The maximum atomic E-state index is 14.3. The number of halogens is 1. The normalized spacial score (nSPS) is 16.3. The summed E-state index contributed by atoms with van der Waals surface area (Å²) in [5.41, 5.74) is 5.52. The van der Waals surface area contributed by atoms with Gasteiger partial charge in [-0.1, -0.05) is 38.1 Å². The third kappa shape index (κ3) is 4.17. The minimum atomic E-state index is -0.463. The number of nitrogens with zero attached hydrogens (tertiary/aromatic N) is 7. The third-order valence-electron chi connectivity index (χ3n) is 8.62. The lowest BCUT2D eigenvalue weighted by Gasteiger charge is -2.40. The topological polar surface area (TPSA) is 122 Å². The minimum Gasteiger partial charge on any atom is -0.489 e. The van der Waals surface area contributed by atoms with Gasteiger partial charge >= 0.3 is 5.69 Å². The van der Waals surface area contributed by atoms with Crippen LogP contribution in [-0.4, -0.2) is 72.8 Å². The van der Waals surface area contributed by atoms with Gasteiger partial charge < -0.3 is 14.5 Å². The molecule has 1 fully saturated rings. The van der Waals surface area contributed by atoms with Crippen LogP contribution in [0.2, 0.25) is 5.02 Å². The monoisotopic (exact) mass is 610 g/mol. The lowest BCUT2D eigenvalue weighted by atomic mass is 9.95. The number of H-pyrrole nitrogens is 1. The van der Waals surface area contributed by atoms with Crippen molar-refractivity contribution in [2.75, 3.05) is 31.1 Å². The van der Waals surface area contributed by atoms with E-state index in [1.807, 2.05) is 45.9 Å². The predicted molar refractivity (Wildman–Crippen MR) is 170 cm³/mol. The zero-order chi connectivity index (χ0) is 30.9. The van der Waals surface area contributed by atoms with Crippen LogP contribution in [0, 0.1) is 13.8 Å². The molecule has 5 heterocycles. The van der Waals surface area contributed by atoms with E-state index < -0.39 is 5.69 Å². The standard InChI is InChI=1S/C32H31ClN8O3/c1-6-24(42)39-9-10-40-19(13-39)14-44-30-26-23(11-20(27(30)33)25-17(4)7-8-22-21(25)12-36-38-22)41(32(43)37-31(26)40)29-18(5)34-15-35-28(29)16(2)3/h6-8,11-12,15-16,19H,1,9-10,13-14H2,2-5H3,(H,36,38)/t19-/m0/s1. The molecule has 0 bridgehead atoms. The first-order chi connectivity index (χ1) is 21.2. The largest absolute Gasteiger partial charge is 0.489 e. The first-order valence-electron chi connectivity index (χ1n) is 14.5. The van der Waals surface area contributed by atoms with Crippen LogP contribution in [0.3, 0.4) is 0 Å². The van der Waals surface area contributed by atoms with Crippen LogP contribution in [0.15, 0.2) is 48.2 Å². The molecule has 1 atom stereocenters. The van der Waals surface area contributed by atoms with Crippen LogP contribution in [0.1, 0.15) is 36.7 Å². The number of carbonyl (C=O) groups excluding carboxylic acids is 1. The number of carbonyl (C=O) groups is 1. The van der Waals surface area contributed by atoms with Crippen LogP contribution < -0.4 is 15.3 Å². The molecule has 44 heavy (non-hydrogen) atoms. The van der Waals surface area contributed by atoms with Crippen molar-refractivity contribution < 1.29 is 9.53 Å². The van der Waals surface area contributed by atoms with Crippen molar-refractivity contribution in [1.29, 1.82) is 0 Å². The summed E-state index contributed by atoms with van der Waals surface area (Å²) in [5, 5.41) is 9.25. The molecule has 0 radical (unpaired) electrons. The second kappa shape index (κ2) is 10.4. The number of hydrogen-bond acceptors (Lipinski definition) is 8. The highest BCUT2D eigenvalue weighted by Crippen LogP contribution is 2.48. The van der Waals surface area contributed by atoms with E-state index in [4.69, 9.17) is 16.3 Å². The summed E-state index contributed by atoms with van der Waals surface area (Å²) in [6.45, 7) is 13.2. The zero-order valence-electron chi connectivity index (χ0n) is 24.9. The first kappa shape index (κ1) is 28.0. The quantitative estimate of drug-likeness (QED) is 0.290. The van der Waals surface area contributed by atoms with Crippen molar-refractivity contribution in [2.24, 2.45) is 0 Å². The first-order valence-corrected chi connectivity index (χ1v) is 14.9. The summed E-state index contributed by atoms with van der Waals surface area (Å²) in [6.07, 6.45) is 4.61. The Morgan fingerprint density at radius 1 is 1.23 bits per heavy atom. The molecule has 11 nitrogen and oxygen atoms in total. The Hall–Kier alpha value is -4.77. The fourth-order valence-corrected chi connectivity index (χ4v) is 6.81. The molecule has 0 aliphatic carbocycles. The van der Waals surface area contributed by atoms with E-state index in [9.17, 15) is 9.59 Å². The fourth-order valence-electron chi connectivity index (χ4n) is 6.51. The van der Waals surface area contributed by atoms with Crippen molar-refractivity contribution in [3.05, 3.63) is 75.8 Å². The van der Waals surface area contributed by atoms with Crippen molar-refractivity contribution in [1.82, 2.24) is 34.6 Å². The number of aromatic nitrogens is 6. The summed E-state index contributed by atoms with van der Waals surface area (Å²) in [6, 6.07) is 5.68. The number of aromatic amines is 1. The van der Waals surface area contributed by atoms with Crippen molar-refractivity contribution in [2.45, 2.75) is 39.7 Å². The van der Waals surface area contributed by atoms with E-state index in [0.29, 0.717) is 64.1 Å². The summed E-state index contributed by atoms with van der Waals surface area (Å²) in [7, 11) is 0. The Labute approximate surface area is 258 Å². The molecule has 2 aromatic carbocycles. The number of rotatable bonds is 4. The molecule has 1 saturated heterocycles. The van der Waals surface area contributed by atoms with E-state index in [1.54, 1.807) is 15.7 Å². The minimum absolute atomic E-state index is 0.00767. The smallest absolute Gasteiger partial charge is 0.354 e. The highest BCUT2D eigenvalue weighted by molar-refractivity contribution is 6.37. The molecule has 1 amide bonds. The SMILES string of the molecule is C=CC(=O)N1CCN2c3nc(=O)n(-c4c(C)ncnc4C(C)C)c4cc(-c5c(C)ccc6[nH]ncc56)c(Cl)c(c34)OC[C@@H]2C1. The average Bonchev–Trinajstić information content (AvgIpc) is 3.42. The van der Waals surface area contributed by atoms with Gasteiger partial charge in [0.15, 0.2) is 5.75 Å². The van der Waals surface area contributed by atoms with Gasteiger partial charge in [-0.15, -0.1) is 0 Å². The van der Waals surface area contributed by atoms with Gasteiger partial charge in [-0.25, -0.2) is 14.8 Å². The number of ether oxygens (including phenoxy) is 1. The molecule has 7 rings (SSSR count). The van der Waals surface area contributed by atoms with Gasteiger partial charge in [-0.3, -0.25) is 14.5 Å². The number of piperazine rings is 1. The van der Waals surface area contributed by atoms with E-state index in [-0.39, 0.29) is 24.5 Å². The highest BCUT2D eigenvalue weighted by Gasteiger charge is 2.37. The van der Waals surface area contributed by atoms with Gasteiger partial charge in [0.25, 0.3) is 0 Å². The van der Waals surface area contributed by atoms with Crippen molar-refractivity contribution in [3.63, 3.8) is 0 Å². The van der Waals surface area contributed by atoms with Crippen molar-refractivity contribution in [3.8, 4) is 22.6 Å². The number of hydrogen-bond donors (Lipinski definition) is 1. The Balaban J connectivity index is 1.59. The van der Waals surface area contributed by atoms with Gasteiger partial charge in [0, 0.05) is 30.6 Å². The second-order valence-electron chi connectivity index (χ2n) is 11.6. The highest BCUT2D eigenvalue weighted by atomic mass is 35.5. The van der Waals surface area contributed by atoms with E-state index in [0.717, 1.165) is 27.7 Å². The number of amides is 1. The third-order valence-corrected chi connectivity index (χ3v) is 9.00. The van der Waals surface area contributed by atoms with Crippen molar-refractivity contribution >= 4 is 45.1 Å². The van der Waals surface area contributed by atoms with Gasteiger partial charge in [0.2, 0.25) is 5.91 Å². The number of anilines is 1. The maximum absolute atomic E-state index is 14.3. The van der Waals surface area contributed by atoms with Crippen LogP contribution in [0.25, 0.3) is 38.6 Å². The van der Waals surface area contributed by atoms with Gasteiger partial charge in [0.05, 0.1) is 50.8 Å². The molecule has 2 aliphatic heterocycles. The number of benzene rings is 2. The molecular weight excluding hydrogens is 580 g/mol. The van der Waals surface area contributed by atoms with Crippen LogP contribution >= 0.6 is 11.6 Å². The Bertz CT molecular complexity index is 2070. The molecular formula is C32H31ClN8O3. The van der Waals surface area contributed by atoms with Crippen LogP contribution in [-0.2, 0) is 4.79 Å². The predicted octanol–water partition coefficient (Wildman–Crippen LogP) is 4.71. The lowest BCUT2D eigenvalue weighted by Crippen LogP contribution is -2.56. The second-order valence-corrected chi connectivity index (χ2v) is 12.0. The summed E-state index contributed by atoms with van der Waals surface area (Å²) in [5.74, 6) is 0.779. The summed E-state index contributed by atoms with van der Waals surface area (Å²) in [4.78, 5) is 44.3. The van der Waals surface area contributed by atoms with E-state index in [1.165, 1.54) is 12.4 Å². The lowest BCUT2D eigenvalue weighted by molar-refractivity contribution is -0.126. The molecule has 0 spiro atoms. The zero-order valence-corrected chi connectivity index (χ0v) is 25.6. The van der Waals surface area contributed by atoms with Gasteiger partial charge in [-0.2, -0.15) is 10.1 Å². The van der Waals surface area contributed by atoms with Crippen LogP contribution in [0.4, 0.5) is 5.82 Å². The number of fused-ring (bicyclic) bond motifs is 3. The fraction of sp³-hybridized carbons (Fsp3) is 0.312. The molecule has 3 aromatic heterocycles. The number of nitrogens with one attached hydrogen (secondary N) is 1. The molecule has 0 saturated carbocycles. The van der Waals surface area contributed by atoms with Gasteiger partial charge in [0.1, 0.15) is 18.8 Å². The van der Waals surface area contributed by atoms with Crippen LogP contribution in [0.5, 0.6) is 5.75 Å². The maximum Gasteiger partial charge on any atom is 0.354 e. The van der Waals surface area contributed by atoms with Gasteiger partial charge in [-0.05, 0) is 49.1 Å². The summed E-state index contributed by atoms with van der Waals surface area (Å²) >= 11 is 7.30. The Kier molecular flexibility index (Phi) is 6.65. The molecule has 2 aliphatic rings. The average molecular weight is 611 g/mol. The Morgan fingerprint density at radius 2 is 2.05 bits per heavy atom. The molecule has 5 aromatic rings. The molecule has 224 valence electrons. The van der Waals surface area contributed by atoms with E-state index >= 15 is 0 Å². The number of aryl methyl sites for hydroxylation is 2.